The summed E-state index contributed by atoms with van der Waals surface area (Å²) in [7, 11) is 0. The van der Waals surface area contributed by atoms with Crippen molar-refractivity contribution in [2.24, 2.45) is 0 Å². The van der Waals surface area contributed by atoms with Crippen LogP contribution in [0.15, 0.2) is 133 Å². The van der Waals surface area contributed by atoms with E-state index in [2.05, 4.69) is 133 Å². The summed E-state index contributed by atoms with van der Waals surface area (Å²) in [6, 6.07) is 49.1. The summed E-state index contributed by atoms with van der Waals surface area (Å²) in [6.45, 7) is 0. The van der Waals surface area contributed by atoms with Crippen molar-refractivity contribution in [3.8, 4) is 11.1 Å². The van der Waals surface area contributed by atoms with Gasteiger partial charge >= 0.3 is 0 Å². The van der Waals surface area contributed by atoms with Gasteiger partial charge in [0, 0.05) is 0 Å². The summed E-state index contributed by atoms with van der Waals surface area (Å²) in [5, 5.41) is 15.7. The third-order valence-electron chi connectivity index (χ3n) is 7.82. The normalized spacial score (nSPS) is 11.9. The maximum atomic E-state index is 2.41. The van der Waals surface area contributed by atoms with E-state index in [0.29, 0.717) is 0 Å². The van der Waals surface area contributed by atoms with Gasteiger partial charge in [-0.05, 0) is 87.9 Å². The van der Waals surface area contributed by atoms with E-state index in [1.807, 2.05) is 0 Å². The van der Waals surface area contributed by atoms with Gasteiger partial charge in [0.15, 0.2) is 0 Å². The summed E-state index contributed by atoms with van der Waals surface area (Å²) in [4.78, 5) is 0. The minimum Gasteiger partial charge on any atom is -0.0616 e. The zero-order valence-corrected chi connectivity index (χ0v) is 19.7. The van der Waals surface area contributed by atoms with Gasteiger partial charge < -0.3 is 0 Å². The lowest BCUT2D eigenvalue weighted by atomic mass is 9.88. The lowest BCUT2D eigenvalue weighted by molar-refractivity contribution is 1.71. The number of hydrogen-bond acceptors (Lipinski definition) is 0. The number of fused-ring (bicyclic) bond motifs is 11. The van der Waals surface area contributed by atoms with E-state index in [1.54, 1.807) is 0 Å². The van der Waals surface area contributed by atoms with Gasteiger partial charge in [0.25, 0.3) is 0 Å². The Morgan fingerprint density at radius 2 is 0.667 bits per heavy atom. The Morgan fingerprint density at radius 3 is 1.31 bits per heavy atom. The molecule has 0 aliphatic rings. The first-order valence-electron chi connectivity index (χ1n) is 12.5. The number of hydrogen-bond donors (Lipinski definition) is 0. The molecule has 0 N–H and O–H groups in total. The van der Waals surface area contributed by atoms with Gasteiger partial charge in [0.1, 0.15) is 0 Å². The topological polar surface area (TPSA) is 0 Å². The first kappa shape index (κ1) is 19.6. The highest BCUT2D eigenvalue weighted by Crippen LogP contribution is 2.41. The smallest absolute Gasteiger partial charge is 0.00928 e. The second kappa shape index (κ2) is 7.41. The zero-order valence-electron chi connectivity index (χ0n) is 19.7. The Bertz CT molecular complexity index is 2110. The Hall–Kier alpha value is -4.68. The lowest BCUT2D eigenvalue weighted by Crippen LogP contribution is -1.88. The van der Waals surface area contributed by atoms with Gasteiger partial charge in [0.05, 0.1) is 0 Å². The molecule has 8 rings (SSSR count). The molecular formula is C36H22. The summed E-state index contributed by atoms with van der Waals surface area (Å²) in [6.07, 6.45) is 0. The molecule has 0 aliphatic carbocycles. The average molecular weight is 455 g/mol. The molecule has 0 saturated carbocycles. The van der Waals surface area contributed by atoms with Crippen molar-refractivity contribution in [1.82, 2.24) is 0 Å². The van der Waals surface area contributed by atoms with E-state index in [0.717, 1.165) is 0 Å². The fourth-order valence-electron chi connectivity index (χ4n) is 6.17. The number of benzene rings is 8. The van der Waals surface area contributed by atoms with Gasteiger partial charge in [0.2, 0.25) is 0 Å². The van der Waals surface area contributed by atoms with Crippen molar-refractivity contribution < 1.29 is 0 Å². The van der Waals surface area contributed by atoms with Crippen molar-refractivity contribution in [1.29, 1.82) is 0 Å². The number of rotatable bonds is 1. The van der Waals surface area contributed by atoms with E-state index < -0.39 is 0 Å². The van der Waals surface area contributed by atoms with Crippen LogP contribution in [0.4, 0.5) is 0 Å². The highest BCUT2D eigenvalue weighted by Gasteiger charge is 2.13. The van der Waals surface area contributed by atoms with Gasteiger partial charge in [-0.3, -0.25) is 0 Å². The summed E-state index contributed by atoms with van der Waals surface area (Å²) in [5.41, 5.74) is 2.54. The van der Waals surface area contributed by atoms with Crippen LogP contribution in [0.2, 0.25) is 0 Å². The first-order chi connectivity index (χ1) is 17.9. The maximum Gasteiger partial charge on any atom is -0.00928 e. The molecule has 0 amide bonds. The fourth-order valence-corrected chi connectivity index (χ4v) is 6.17. The molecule has 0 nitrogen and oxygen atoms in total. The first-order valence-corrected chi connectivity index (χ1v) is 12.5. The van der Waals surface area contributed by atoms with Gasteiger partial charge in [-0.15, -0.1) is 0 Å². The Kier molecular flexibility index (Phi) is 4.03. The molecule has 0 fully saturated rings. The molecule has 0 atom stereocenters. The van der Waals surface area contributed by atoms with Crippen molar-refractivity contribution in [2.75, 3.05) is 0 Å². The van der Waals surface area contributed by atoms with Gasteiger partial charge in [-0.1, -0.05) is 121 Å². The predicted octanol–water partition coefficient (Wildman–Crippen LogP) is 10.3. The third kappa shape index (κ3) is 2.70. The Labute approximate surface area is 209 Å². The molecule has 0 radical (unpaired) electrons. The molecule has 0 bridgehead atoms. The highest BCUT2D eigenvalue weighted by atomic mass is 14.2. The Balaban J connectivity index is 1.53. The van der Waals surface area contributed by atoms with Crippen LogP contribution >= 0.6 is 0 Å². The molecule has 8 aromatic carbocycles. The van der Waals surface area contributed by atoms with Crippen molar-refractivity contribution in [2.45, 2.75) is 0 Å². The molecule has 36 heavy (non-hydrogen) atoms. The van der Waals surface area contributed by atoms with E-state index in [-0.39, 0.29) is 0 Å². The van der Waals surface area contributed by atoms with Crippen LogP contribution in [0, 0.1) is 0 Å². The zero-order chi connectivity index (χ0) is 23.6. The third-order valence-corrected chi connectivity index (χ3v) is 7.82. The summed E-state index contributed by atoms with van der Waals surface area (Å²) < 4.78 is 0. The molecule has 0 heteroatoms. The van der Waals surface area contributed by atoms with E-state index in [4.69, 9.17) is 0 Å². The van der Waals surface area contributed by atoms with Crippen LogP contribution < -0.4 is 0 Å². The Morgan fingerprint density at radius 1 is 0.250 bits per heavy atom. The predicted molar refractivity (Wildman–Crippen MR) is 157 cm³/mol. The van der Waals surface area contributed by atoms with Crippen molar-refractivity contribution >= 4 is 64.6 Å². The van der Waals surface area contributed by atoms with E-state index in [9.17, 15) is 0 Å². The quantitative estimate of drug-likeness (QED) is 0.216. The van der Waals surface area contributed by atoms with Crippen LogP contribution in [-0.4, -0.2) is 0 Å². The standard InChI is InChI=1S/C36H22/c1-2-10-25-23(9-1)17-19-33-29-14-5-7-15-30(29)34(22-36(25)33)24-18-20-32-28-13-4-3-11-26(28)27-12-6-8-16-31(27)35(32)21-24/h1-22H. The fraction of sp³-hybridized carbons (Fsp3) is 0. The minimum atomic E-state index is 1.26. The summed E-state index contributed by atoms with van der Waals surface area (Å²) >= 11 is 0. The van der Waals surface area contributed by atoms with Crippen molar-refractivity contribution in [3.05, 3.63) is 133 Å². The van der Waals surface area contributed by atoms with Crippen LogP contribution in [0.25, 0.3) is 75.8 Å². The largest absolute Gasteiger partial charge is 0.0616 e. The second-order valence-electron chi connectivity index (χ2n) is 9.70. The van der Waals surface area contributed by atoms with E-state index in [1.165, 1.54) is 75.8 Å². The SMILES string of the molecule is c1ccc2c(c1)ccc1c3ccccc3c(-c3ccc4c5ccccc5c5ccccc5c4c3)cc21. The van der Waals surface area contributed by atoms with Crippen LogP contribution in [0.3, 0.4) is 0 Å². The molecule has 0 saturated heterocycles. The van der Waals surface area contributed by atoms with Crippen LogP contribution in [0.1, 0.15) is 0 Å². The highest BCUT2D eigenvalue weighted by molar-refractivity contribution is 6.26. The molecule has 0 aliphatic heterocycles. The molecule has 0 aromatic heterocycles. The van der Waals surface area contributed by atoms with Crippen molar-refractivity contribution in [3.63, 3.8) is 0 Å². The van der Waals surface area contributed by atoms with Gasteiger partial charge in [-0.25, -0.2) is 0 Å². The summed E-state index contributed by atoms with van der Waals surface area (Å²) in [5.74, 6) is 0. The minimum absolute atomic E-state index is 1.26. The molecule has 8 aromatic rings. The molecule has 166 valence electrons. The monoisotopic (exact) mass is 454 g/mol. The molecule has 0 heterocycles. The lowest BCUT2D eigenvalue weighted by Gasteiger charge is -2.15. The van der Waals surface area contributed by atoms with Crippen LogP contribution in [-0.2, 0) is 0 Å². The maximum absolute atomic E-state index is 2.41. The average Bonchev–Trinajstić information content (AvgIpc) is 2.96. The molecular weight excluding hydrogens is 432 g/mol. The van der Waals surface area contributed by atoms with Gasteiger partial charge in [-0.2, -0.15) is 0 Å². The van der Waals surface area contributed by atoms with Crippen LogP contribution in [0.5, 0.6) is 0 Å². The molecule has 0 unspecified atom stereocenters. The molecule has 0 spiro atoms. The second-order valence-corrected chi connectivity index (χ2v) is 9.70. The van der Waals surface area contributed by atoms with E-state index >= 15 is 0 Å².